The zero-order valence-electron chi connectivity index (χ0n) is 11.2. The smallest absolute Gasteiger partial charge is 0.110 e. The van der Waals surface area contributed by atoms with Gasteiger partial charge in [0.25, 0.3) is 0 Å². The first kappa shape index (κ1) is 12.6. The molecule has 1 aromatic heterocycles. The molecule has 1 heterocycles. The molecule has 0 amide bonds. The molecule has 1 unspecified atom stereocenters. The van der Waals surface area contributed by atoms with Gasteiger partial charge in [0, 0.05) is 31.4 Å². The minimum atomic E-state index is 0.596. The topological polar surface area (TPSA) is 29.9 Å². The lowest BCUT2D eigenvalue weighted by molar-refractivity contribution is 0.261. The number of imidazole rings is 1. The van der Waals surface area contributed by atoms with Crippen LogP contribution in [0.2, 0.25) is 0 Å². The summed E-state index contributed by atoms with van der Waals surface area (Å²) >= 11 is 0. The molecule has 1 aliphatic rings. The summed E-state index contributed by atoms with van der Waals surface area (Å²) in [6.07, 6.45) is 11.9. The largest absolute Gasteiger partial charge is 0.335 e. The van der Waals surface area contributed by atoms with Crippen molar-refractivity contribution in [3.05, 3.63) is 18.2 Å². The van der Waals surface area contributed by atoms with Crippen molar-refractivity contribution >= 4 is 0 Å². The third kappa shape index (κ3) is 3.32. The molecule has 0 aliphatic heterocycles. The van der Waals surface area contributed by atoms with Crippen LogP contribution >= 0.6 is 0 Å². The highest BCUT2D eigenvalue weighted by atomic mass is 15.1. The van der Waals surface area contributed by atoms with Gasteiger partial charge in [-0.2, -0.15) is 0 Å². The predicted molar refractivity (Wildman–Crippen MR) is 71.0 cm³/mol. The van der Waals surface area contributed by atoms with Crippen LogP contribution in [0.15, 0.2) is 12.4 Å². The SMILES string of the molecule is CCCn1ccnc1CC(CC1CCC1)NC. The molecule has 1 N–H and O–H groups in total. The molecular weight excluding hydrogens is 210 g/mol. The summed E-state index contributed by atoms with van der Waals surface area (Å²) in [5, 5.41) is 3.46. The molecule has 0 radical (unpaired) electrons. The first-order valence-corrected chi connectivity index (χ1v) is 7.00. The highest BCUT2D eigenvalue weighted by Gasteiger charge is 2.22. The zero-order chi connectivity index (χ0) is 12.1. The average Bonchev–Trinajstić information content (AvgIpc) is 2.70. The number of aryl methyl sites for hydroxylation is 1. The maximum absolute atomic E-state index is 4.50. The Morgan fingerprint density at radius 3 is 2.94 bits per heavy atom. The van der Waals surface area contributed by atoms with Crippen molar-refractivity contribution < 1.29 is 0 Å². The van der Waals surface area contributed by atoms with E-state index in [0.29, 0.717) is 6.04 Å². The van der Waals surface area contributed by atoms with Crippen LogP contribution in [0, 0.1) is 5.92 Å². The summed E-state index contributed by atoms with van der Waals surface area (Å²) in [7, 11) is 2.08. The molecule has 1 fully saturated rings. The van der Waals surface area contributed by atoms with Gasteiger partial charge in [0.2, 0.25) is 0 Å². The fourth-order valence-corrected chi connectivity index (χ4v) is 2.63. The minimum Gasteiger partial charge on any atom is -0.335 e. The van der Waals surface area contributed by atoms with Crippen LogP contribution in [0.1, 0.15) is 44.9 Å². The number of hydrogen-bond acceptors (Lipinski definition) is 2. The van der Waals surface area contributed by atoms with E-state index in [2.05, 4.69) is 35.0 Å². The van der Waals surface area contributed by atoms with Crippen LogP contribution in [0.4, 0.5) is 0 Å². The van der Waals surface area contributed by atoms with Gasteiger partial charge in [0.15, 0.2) is 0 Å². The molecular formula is C14H25N3. The summed E-state index contributed by atoms with van der Waals surface area (Å²) in [5.41, 5.74) is 0. The van der Waals surface area contributed by atoms with Crippen LogP contribution in [0.25, 0.3) is 0 Å². The van der Waals surface area contributed by atoms with Gasteiger partial charge in [-0.1, -0.05) is 26.2 Å². The molecule has 1 aliphatic carbocycles. The van der Waals surface area contributed by atoms with E-state index in [1.165, 1.54) is 37.9 Å². The molecule has 3 heteroatoms. The molecule has 0 saturated heterocycles. The zero-order valence-corrected chi connectivity index (χ0v) is 11.2. The fraction of sp³-hybridized carbons (Fsp3) is 0.786. The van der Waals surface area contributed by atoms with E-state index in [1.807, 2.05) is 6.20 Å². The second kappa shape index (κ2) is 6.20. The average molecular weight is 235 g/mol. The number of aromatic nitrogens is 2. The fourth-order valence-electron chi connectivity index (χ4n) is 2.63. The normalized spacial score (nSPS) is 18.0. The van der Waals surface area contributed by atoms with E-state index in [0.717, 1.165) is 18.9 Å². The predicted octanol–water partition coefficient (Wildman–Crippen LogP) is 2.61. The highest BCUT2D eigenvalue weighted by molar-refractivity contribution is 4.96. The maximum atomic E-state index is 4.50. The molecule has 0 aromatic carbocycles. The third-order valence-electron chi connectivity index (χ3n) is 3.95. The number of rotatable bonds is 7. The van der Waals surface area contributed by atoms with Gasteiger partial charge in [0.05, 0.1) is 0 Å². The quantitative estimate of drug-likeness (QED) is 0.787. The van der Waals surface area contributed by atoms with E-state index in [-0.39, 0.29) is 0 Å². The first-order chi connectivity index (χ1) is 8.33. The number of hydrogen-bond donors (Lipinski definition) is 1. The monoisotopic (exact) mass is 235 g/mol. The Morgan fingerprint density at radius 2 is 2.35 bits per heavy atom. The summed E-state index contributed by atoms with van der Waals surface area (Å²) in [4.78, 5) is 4.50. The maximum Gasteiger partial charge on any atom is 0.110 e. The van der Waals surface area contributed by atoms with E-state index in [1.54, 1.807) is 0 Å². The third-order valence-corrected chi connectivity index (χ3v) is 3.95. The second-order valence-electron chi connectivity index (χ2n) is 5.26. The van der Waals surface area contributed by atoms with Gasteiger partial charge in [-0.05, 0) is 25.8 Å². The van der Waals surface area contributed by atoms with Crippen molar-refractivity contribution in [1.29, 1.82) is 0 Å². The van der Waals surface area contributed by atoms with Crippen molar-refractivity contribution in [2.75, 3.05) is 7.05 Å². The first-order valence-electron chi connectivity index (χ1n) is 7.00. The Balaban J connectivity index is 1.89. The molecule has 96 valence electrons. The highest BCUT2D eigenvalue weighted by Crippen LogP contribution is 2.30. The van der Waals surface area contributed by atoms with Crippen molar-refractivity contribution in [3.8, 4) is 0 Å². The van der Waals surface area contributed by atoms with Crippen LogP contribution < -0.4 is 5.32 Å². The molecule has 1 atom stereocenters. The van der Waals surface area contributed by atoms with Crippen LogP contribution in [0.5, 0.6) is 0 Å². The lowest BCUT2D eigenvalue weighted by Gasteiger charge is -2.29. The van der Waals surface area contributed by atoms with Gasteiger partial charge < -0.3 is 9.88 Å². The Morgan fingerprint density at radius 1 is 1.53 bits per heavy atom. The lowest BCUT2D eigenvalue weighted by Crippen LogP contribution is -2.32. The Kier molecular flexibility index (Phi) is 4.60. The van der Waals surface area contributed by atoms with Crippen molar-refractivity contribution in [3.63, 3.8) is 0 Å². The Hall–Kier alpha value is -0.830. The molecule has 3 nitrogen and oxygen atoms in total. The van der Waals surface area contributed by atoms with Gasteiger partial charge in [-0.25, -0.2) is 4.98 Å². The Labute approximate surface area is 105 Å². The number of nitrogens with one attached hydrogen (secondary N) is 1. The van der Waals surface area contributed by atoms with Crippen LogP contribution in [-0.4, -0.2) is 22.6 Å². The van der Waals surface area contributed by atoms with Gasteiger partial charge in [-0.3, -0.25) is 0 Å². The standard InChI is InChI=1S/C14H25N3/c1-3-8-17-9-7-16-14(17)11-13(15-2)10-12-5-4-6-12/h7,9,12-13,15H,3-6,8,10-11H2,1-2H3. The van der Waals surface area contributed by atoms with E-state index in [9.17, 15) is 0 Å². The van der Waals surface area contributed by atoms with Crippen LogP contribution in [0.3, 0.4) is 0 Å². The Bertz CT molecular complexity index is 328. The van der Waals surface area contributed by atoms with Gasteiger partial charge in [-0.15, -0.1) is 0 Å². The number of likely N-dealkylation sites (N-methyl/N-ethyl adjacent to an activating group) is 1. The molecule has 0 bridgehead atoms. The summed E-state index contributed by atoms with van der Waals surface area (Å²) < 4.78 is 2.30. The summed E-state index contributed by atoms with van der Waals surface area (Å²) in [5.74, 6) is 2.20. The van der Waals surface area contributed by atoms with Crippen molar-refractivity contribution in [1.82, 2.24) is 14.9 Å². The molecule has 1 aromatic rings. The molecule has 17 heavy (non-hydrogen) atoms. The second-order valence-corrected chi connectivity index (χ2v) is 5.26. The lowest BCUT2D eigenvalue weighted by atomic mass is 9.80. The number of nitrogens with zero attached hydrogens (tertiary/aromatic N) is 2. The van der Waals surface area contributed by atoms with Gasteiger partial charge >= 0.3 is 0 Å². The van der Waals surface area contributed by atoms with Crippen molar-refractivity contribution in [2.24, 2.45) is 5.92 Å². The van der Waals surface area contributed by atoms with Crippen LogP contribution in [-0.2, 0) is 13.0 Å². The molecule has 1 saturated carbocycles. The summed E-state index contributed by atoms with van der Waals surface area (Å²) in [6, 6.07) is 0.596. The molecule has 2 rings (SSSR count). The summed E-state index contributed by atoms with van der Waals surface area (Å²) in [6.45, 7) is 3.31. The molecule has 0 spiro atoms. The van der Waals surface area contributed by atoms with Crippen molar-refractivity contribution in [2.45, 2.75) is 58.0 Å². The van der Waals surface area contributed by atoms with E-state index < -0.39 is 0 Å². The van der Waals surface area contributed by atoms with Gasteiger partial charge in [0.1, 0.15) is 5.82 Å². The van der Waals surface area contributed by atoms with E-state index >= 15 is 0 Å². The van der Waals surface area contributed by atoms with E-state index in [4.69, 9.17) is 0 Å². The minimum absolute atomic E-state index is 0.596.